The van der Waals surface area contributed by atoms with Crippen LogP contribution in [0.25, 0.3) is 0 Å². The van der Waals surface area contributed by atoms with Gasteiger partial charge in [-0.05, 0) is 11.6 Å². The maximum absolute atomic E-state index is 12.3. The Hall–Kier alpha value is -3.48. The van der Waals surface area contributed by atoms with E-state index in [1.165, 1.54) is 4.90 Å². The molecule has 2 aromatic heterocycles. The first-order valence-corrected chi connectivity index (χ1v) is 8.10. The summed E-state index contributed by atoms with van der Waals surface area (Å²) in [7, 11) is 1.69. The van der Waals surface area contributed by atoms with Crippen LogP contribution in [0.4, 0.5) is 10.5 Å². The van der Waals surface area contributed by atoms with Gasteiger partial charge in [0.1, 0.15) is 6.61 Å². The third-order valence-corrected chi connectivity index (χ3v) is 3.58. The van der Waals surface area contributed by atoms with Gasteiger partial charge in [-0.1, -0.05) is 30.3 Å². The van der Waals surface area contributed by atoms with Gasteiger partial charge in [-0.3, -0.25) is 9.97 Å². The van der Waals surface area contributed by atoms with Gasteiger partial charge in [-0.25, -0.2) is 9.78 Å². The Morgan fingerprint density at radius 3 is 2.73 bits per heavy atom. The van der Waals surface area contributed by atoms with Gasteiger partial charge in [-0.15, -0.1) is 0 Å². The second-order valence-electron chi connectivity index (χ2n) is 5.64. The Kier molecular flexibility index (Phi) is 5.72. The van der Waals surface area contributed by atoms with Gasteiger partial charge in [-0.2, -0.15) is 0 Å². The molecule has 0 saturated carbocycles. The first kappa shape index (κ1) is 17.3. The molecule has 0 spiro atoms. The van der Waals surface area contributed by atoms with Gasteiger partial charge in [0, 0.05) is 37.4 Å². The topological polar surface area (TPSA) is 80.2 Å². The minimum absolute atomic E-state index is 0.254. The monoisotopic (exact) mass is 349 g/mol. The van der Waals surface area contributed by atoms with Gasteiger partial charge < -0.3 is 15.0 Å². The van der Waals surface area contributed by atoms with Crippen LogP contribution in [0.3, 0.4) is 0 Å². The highest BCUT2D eigenvalue weighted by Gasteiger charge is 2.11. The quantitative estimate of drug-likeness (QED) is 0.739. The Morgan fingerprint density at radius 2 is 1.96 bits per heavy atom. The van der Waals surface area contributed by atoms with Crippen LogP contribution >= 0.6 is 0 Å². The molecule has 26 heavy (non-hydrogen) atoms. The van der Waals surface area contributed by atoms with E-state index in [4.69, 9.17) is 4.74 Å². The number of carbonyl (C=O) groups excluding carboxylic acids is 1. The van der Waals surface area contributed by atoms with E-state index in [1.54, 1.807) is 44.0 Å². The van der Waals surface area contributed by atoms with Crippen molar-refractivity contribution < 1.29 is 9.53 Å². The molecule has 1 aromatic carbocycles. The number of nitrogens with zero attached hydrogens (tertiary/aromatic N) is 4. The molecule has 7 heteroatoms. The van der Waals surface area contributed by atoms with Crippen molar-refractivity contribution in [2.45, 2.75) is 13.2 Å². The van der Waals surface area contributed by atoms with Gasteiger partial charge in [0.15, 0.2) is 0 Å². The molecular weight excluding hydrogens is 330 g/mol. The van der Waals surface area contributed by atoms with Crippen LogP contribution in [0, 0.1) is 0 Å². The summed E-state index contributed by atoms with van der Waals surface area (Å²) in [5, 5.41) is 2.82. The largest absolute Gasteiger partial charge is 0.473 e. The number of hydrogen-bond donors (Lipinski definition) is 1. The zero-order chi connectivity index (χ0) is 18.2. The third kappa shape index (κ3) is 5.01. The molecule has 0 aliphatic heterocycles. The second-order valence-corrected chi connectivity index (χ2v) is 5.64. The zero-order valence-electron chi connectivity index (χ0n) is 14.4. The number of pyridine rings is 1. The van der Waals surface area contributed by atoms with Crippen molar-refractivity contribution in [1.82, 2.24) is 19.9 Å². The number of hydrogen-bond acceptors (Lipinski definition) is 5. The summed E-state index contributed by atoms with van der Waals surface area (Å²) >= 11 is 0. The van der Waals surface area contributed by atoms with Crippen molar-refractivity contribution in [1.29, 1.82) is 0 Å². The van der Waals surface area contributed by atoms with Crippen LogP contribution in [0.2, 0.25) is 0 Å². The Morgan fingerprint density at radius 1 is 1.12 bits per heavy atom. The molecule has 7 nitrogen and oxygen atoms in total. The Balaban J connectivity index is 1.56. The maximum atomic E-state index is 12.3. The van der Waals surface area contributed by atoms with Crippen LogP contribution in [0.15, 0.2) is 67.3 Å². The van der Waals surface area contributed by atoms with Gasteiger partial charge >= 0.3 is 6.03 Å². The lowest BCUT2D eigenvalue weighted by atomic mass is 10.2. The molecule has 0 saturated heterocycles. The van der Waals surface area contributed by atoms with E-state index in [2.05, 4.69) is 20.3 Å². The maximum Gasteiger partial charge on any atom is 0.321 e. The van der Waals surface area contributed by atoms with Crippen molar-refractivity contribution in [3.63, 3.8) is 0 Å². The van der Waals surface area contributed by atoms with Gasteiger partial charge in [0.05, 0.1) is 18.4 Å². The minimum Gasteiger partial charge on any atom is -0.473 e. The molecule has 1 N–H and O–H groups in total. The average Bonchev–Trinajstić information content (AvgIpc) is 2.68. The molecule has 0 bridgehead atoms. The minimum atomic E-state index is -0.254. The summed E-state index contributed by atoms with van der Waals surface area (Å²) in [6.45, 7) is 0.778. The van der Waals surface area contributed by atoms with Gasteiger partial charge in [0.2, 0.25) is 5.88 Å². The lowest BCUT2D eigenvalue weighted by molar-refractivity contribution is 0.220. The molecule has 0 atom stereocenters. The fourth-order valence-electron chi connectivity index (χ4n) is 2.24. The molecule has 0 aliphatic rings. The standard InChI is InChI=1S/C19H19N5O2/c1-24(13-17-12-20-9-10-21-17)19(25)23-16-7-8-22-18(11-16)26-14-15-5-3-2-4-6-15/h2-12H,13-14H2,1H3,(H,22,23,25). The average molecular weight is 349 g/mol. The van der Waals surface area contributed by atoms with Crippen molar-refractivity contribution >= 4 is 11.7 Å². The molecule has 132 valence electrons. The summed E-state index contributed by atoms with van der Waals surface area (Å²) in [6, 6.07) is 13.0. The summed E-state index contributed by atoms with van der Waals surface area (Å²) in [5.41, 5.74) is 2.37. The number of nitrogens with one attached hydrogen (secondary N) is 1. The van der Waals surface area contributed by atoms with Crippen molar-refractivity contribution in [3.05, 3.63) is 78.5 Å². The lowest BCUT2D eigenvalue weighted by Gasteiger charge is -2.17. The number of ether oxygens (including phenoxy) is 1. The third-order valence-electron chi connectivity index (χ3n) is 3.58. The van der Waals surface area contributed by atoms with Crippen molar-refractivity contribution in [3.8, 4) is 5.88 Å². The molecule has 0 fully saturated rings. The summed E-state index contributed by atoms with van der Waals surface area (Å²) < 4.78 is 5.68. The Bertz CT molecular complexity index is 843. The van der Waals surface area contributed by atoms with E-state index < -0.39 is 0 Å². The van der Waals surface area contributed by atoms with E-state index >= 15 is 0 Å². The normalized spacial score (nSPS) is 10.2. The summed E-state index contributed by atoms with van der Waals surface area (Å²) in [5.74, 6) is 0.447. The highest BCUT2D eigenvalue weighted by atomic mass is 16.5. The van der Waals surface area contributed by atoms with Gasteiger partial charge in [0.25, 0.3) is 0 Å². The smallest absolute Gasteiger partial charge is 0.321 e. The highest BCUT2D eigenvalue weighted by molar-refractivity contribution is 5.89. The Labute approximate surface area is 151 Å². The van der Waals surface area contributed by atoms with Crippen LogP contribution < -0.4 is 10.1 Å². The van der Waals surface area contributed by atoms with Crippen LogP contribution in [0.1, 0.15) is 11.3 Å². The lowest BCUT2D eigenvalue weighted by Crippen LogP contribution is -2.31. The number of rotatable bonds is 6. The first-order valence-electron chi connectivity index (χ1n) is 8.10. The number of urea groups is 1. The zero-order valence-corrected chi connectivity index (χ0v) is 14.4. The number of amides is 2. The molecule has 0 unspecified atom stereocenters. The second kappa shape index (κ2) is 8.57. The fraction of sp³-hybridized carbons (Fsp3) is 0.158. The van der Waals surface area contributed by atoms with Crippen molar-refractivity contribution in [2.24, 2.45) is 0 Å². The molecule has 0 radical (unpaired) electrons. The number of carbonyl (C=O) groups is 1. The predicted molar refractivity (Wildman–Crippen MR) is 97.5 cm³/mol. The summed E-state index contributed by atoms with van der Waals surface area (Å²) in [4.78, 5) is 26.2. The molecule has 3 aromatic rings. The van der Waals surface area contributed by atoms with Crippen LogP contribution in [0.5, 0.6) is 5.88 Å². The molecular formula is C19H19N5O2. The highest BCUT2D eigenvalue weighted by Crippen LogP contribution is 2.16. The predicted octanol–water partition coefficient (Wildman–Crippen LogP) is 3.11. The fourth-order valence-corrected chi connectivity index (χ4v) is 2.24. The van der Waals surface area contributed by atoms with Crippen LogP contribution in [-0.2, 0) is 13.2 Å². The first-order chi connectivity index (χ1) is 12.7. The van der Waals surface area contributed by atoms with Crippen molar-refractivity contribution in [2.75, 3.05) is 12.4 Å². The number of anilines is 1. The molecule has 0 aliphatic carbocycles. The van der Waals surface area contributed by atoms with E-state index in [-0.39, 0.29) is 6.03 Å². The SMILES string of the molecule is CN(Cc1cnccn1)C(=O)Nc1ccnc(OCc2ccccc2)c1. The van der Waals surface area contributed by atoms with E-state index in [9.17, 15) is 4.79 Å². The van der Waals surface area contributed by atoms with Crippen LogP contribution in [-0.4, -0.2) is 32.9 Å². The summed E-state index contributed by atoms with van der Waals surface area (Å²) in [6.07, 6.45) is 6.42. The molecule has 3 rings (SSSR count). The van der Waals surface area contributed by atoms with E-state index in [1.807, 2.05) is 30.3 Å². The number of aromatic nitrogens is 3. The number of benzene rings is 1. The van der Waals surface area contributed by atoms with E-state index in [0.717, 1.165) is 5.56 Å². The van der Waals surface area contributed by atoms with E-state index in [0.29, 0.717) is 30.4 Å². The molecule has 2 amide bonds. The molecule has 2 heterocycles.